The lowest BCUT2D eigenvalue weighted by Crippen LogP contribution is -2.53. The maximum Gasteiger partial charge on any atom is 0.415 e. The topological polar surface area (TPSA) is 122 Å². The molecule has 0 radical (unpaired) electrons. The van der Waals surface area contributed by atoms with Gasteiger partial charge in [-0.05, 0) is 72.8 Å². The second kappa shape index (κ2) is 17.2. The Labute approximate surface area is 306 Å². The molecule has 3 aliphatic heterocycles. The van der Waals surface area contributed by atoms with Gasteiger partial charge in [-0.3, -0.25) is 14.6 Å². The molecule has 51 heavy (non-hydrogen) atoms. The molecule has 2 bridgehead atoms. The number of anilines is 1. The summed E-state index contributed by atoms with van der Waals surface area (Å²) in [5, 5.41) is 0.818. The van der Waals surface area contributed by atoms with E-state index in [1.807, 2.05) is 12.1 Å². The normalized spacial score (nSPS) is 18.3. The second-order valence-corrected chi connectivity index (χ2v) is 13.3. The Kier molecular flexibility index (Phi) is 12.8. The number of hydrogen-bond donors (Lipinski definition) is 0. The molecule has 13 heteroatoms. The van der Waals surface area contributed by atoms with Crippen molar-refractivity contribution in [2.45, 2.75) is 44.4 Å². The highest BCUT2D eigenvalue weighted by Crippen LogP contribution is 2.35. The number of halogens is 3. The third-order valence-corrected chi connectivity index (χ3v) is 10.0. The highest BCUT2D eigenvalue weighted by Gasteiger charge is 2.37. The van der Waals surface area contributed by atoms with E-state index in [-0.39, 0.29) is 36.7 Å². The number of hydrogen-bond acceptors (Lipinski definition) is 8. The number of carbonyl (C=O) groups excluding carboxylic acids is 2. The van der Waals surface area contributed by atoms with Gasteiger partial charge >= 0.3 is 12.1 Å². The highest BCUT2D eigenvalue weighted by molar-refractivity contribution is 6.35. The standard InChI is InChI=1S/C38H38Cl2FN3O6.H2O/c1-47-33-12-11-27(18-35(33)48-2)34(19-28-29(39)20-42-21-30(28)40)49-37(45)17-24-7-9-25(10-8-24)22-44(32-6-4-3-5-31(32)41)38(46)50-36-23-43-15-13-26(36)14-16-43;/h3-12,18,20-21,26,34,36H,13-17,19,22-23H2,1-2H3;1H2/t34-,36-;/m0./s1. The van der Waals surface area contributed by atoms with Crippen molar-refractivity contribution in [1.82, 2.24) is 4.90 Å². The van der Waals surface area contributed by atoms with Crippen molar-refractivity contribution in [3.63, 3.8) is 0 Å². The van der Waals surface area contributed by atoms with E-state index in [9.17, 15) is 14.0 Å². The Morgan fingerprint density at radius 2 is 1.61 bits per heavy atom. The van der Waals surface area contributed by atoms with Crippen LogP contribution in [0.2, 0.25) is 10.0 Å². The van der Waals surface area contributed by atoms with Gasteiger partial charge < -0.3 is 24.4 Å². The molecule has 3 aromatic carbocycles. The minimum atomic E-state index is -0.740. The van der Waals surface area contributed by atoms with Crippen LogP contribution in [0, 0.1) is 11.7 Å². The van der Waals surface area contributed by atoms with E-state index in [2.05, 4.69) is 9.88 Å². The third kappa shape index (κ3) is 9.09. The van der Waals surface area contributed by atoms with Crippen molar-refractivity contribution >= 4 is 41.0 Å². The van der Waals surface area contributed by atoms with Crippen molar-refractivity contribution in [1.29, 1.82) is 0 Å². The number of nitrogens with zero attached hydrogens (tertiary/aromatic N) is 2. The number of piperidine rings is 3. The number of methoxy groups -OCH3 is 2. The monoisotopic (exact) mass is 739 g/mol. The molecule has 3 fully saturated rings. The number of pyridine rings is 1. The number of amides is 1. The molecule has 1 amide bonds. The van der Waals surface area contributed by atoms with Crippen LogP contribution in [-0.4, -0.2) is 62.4 Å². The van der Waals surface area contributed by atoms with E-state index in [4.69, 9.17) is 42.1 Å². The van der Waals surface area contributed by atoms with Crippen LogP contribution in [0.3, 0.4) is 0 Å². The lowest BCUT2D eigenvalue weighted by molar-refractivity contribution is -0.377. The van der Waals surface area contributed by atoms with Crippen LogP contribution in [0.15, 0.2) is 79.1 Å². The Morgan fingerprint density at radius 1 is 0.941 bits per heavy atom. The van der Waals surface area contributed by atoms with Crippen LogP contribution in [0.4, 0.5) is 14.9 Å². The summed E-state index contributed by atoms with van der Waals surface area (Å²) in [6.45, 7) is 2.81. The lowest BCUT2D eigenvalue weighted by atomic mass is 9.86. The largest absolute Gasteiger partial charge is 0.870 e. The molecule has 0 unspecified atom stereocenters. The van der Waals surface area contributed by atoms with E-state index in [1.54, 1.807) is 68.0 Å². The maximum atomic E-state index is 15.0. The third-order valence-electron chi connectivity index (χ3n) is 9.36. The smallest absolute Gasteiger partial charge is 0.415 e. The molecule has 270 valence electrons. The summed E-state index contributed by atoms with van der Waals surface area (Å²) in [5.41, 5.74) is 2.87. The van der Waals surface area contributed by atoms with E-state index in [0.717, 1.165) is 31.5 Å². The first-order chi connectivity index (χ1) is 24.2. The molecule has 10 nitrogen and oxygen atoms in total. The summed E-state index contributed by atoms with van der Waals surface area (Å²) in [7, 11) is 3.08. The lowest BCUT2D eigenvalue weighted by Gasteiger charge is -2.44. The molecule has 2 N–H and O–H groups in total. The molecule has 0 saturated carbocycles. The number of aromatic nitrogens is 1. The maximum absolute atomic E-state index is 15.0. The first kappa shape index (κ1) is 37.8. The minimum absolute atomic E-state index is 0. The zero-order chi connectivity index (χ0) is 35.2. The van der Waals surface area contributed by atoms with Gasteiger partial charge in [0.2, 0.25) is 0 Å². The Morgan fingerprint density at radius 3 is 2.24 bits per heavy atom. The van der Waals surface area contributed by atoms with Gasteiger partial charge in [0.1, 0.15) is 28.1 Å². The van der Waals surface area contributed by atoms with Gasteiger partial charge in [-0.15, -0.1) is 0 Å². The summed E-state index contributed by atoms with van der Waals surface area (Å²) in [6, 6.07) is 18.7. The predicted molar refractivity (Wildman–Crippen MR) is 189 cm³/mol. The minimum Gasteiger partial charge on any atom is -0.870 e. The summed E-state index contributed by atoms with van der Waals surface area (Å²) in [5.74, 6) is 0.348. The van der Waals surface area contributed by atoms with Gasteiger partial charge in [-0.1, -0.05) is 65.7 Å². The second-order valence-electron chi connectivity index (χ2n) is 12.5. The van der Waals surface area contributed by atoms with Gasteiger partial charge in [0.05, 0.1) is 32.9 Å². The predicted octanol–water partition coefficient (Wildman–Crippen LogP) is 7.09. The van der Waals surface area contributed by atoms with Crippen LogP contribution in [0.5, 0.6) is 11.5 Å². The van der Waals surface area contributed by atoms with Crippen molar-refractivity contribution in [2.75, 3.05) is 38.8 Å². The van der Waals surface area contributed by atoms with Gasteiger partial charge in [-0.2, -0.15) is 0 Å². The fourth-order valence-electron chi connectivity index (χ4n) is 6.61. The van der Waals surface area contributed by atoms with Crippen molar-refractivity contribution in [3.05, 3.63) is 117 Å². The molecule has 4 heterocycles. The number of rotatable bonds is 12. The van der Waals surface area contributed by atoms with Gasteiger partial charge in [0, 0.05) is 18.5 Å². The summed E-state index contributed by atoms with van der Waals surface area (Å²) < 4.78 is 37.9. The van der Waals surface area contributed by atoms with Crippen molar-refractivity contribution in [3.8, 4) is 11.5 Å². The summed E-state index contributed by atoms with van der Waals surface area (Å²) in [6.07, 6.45) is 3.86. The number of para-hydroxylation sites is 1. The Hall–Kier alpha value is -4.42. The fraction of sp³-hybridized carbons (Fsp3) is 0.342. The summed E-state index contributed by atoms with van der Waals surface area (Å²) in [4.78, 5) is 33.5. The van der Waals surface area contributed by atoms with Crippen molar-refractivity contribution in [2.24, 2.45) is 5.92 Å². The molecular formula is C38H40Cl2FN3O7. The van der Waals surface area contributed by atoms with Crippen LogP contribution in [0.1, 0.15) is 41.2 Å². The number of ether oxygens (including phenoxy) is 4. The number of H-pyrrole nitrogens is 1. The highest BCUT2D eigenvalue weighted by atomic mass is 35.5. The number of aromatic amines is 1. The number of esters is 1. The number of fused-ring (bicyclic) bond motifs is 3. The first-order valence-electron chi connectivity index (χ1n) is 16.5. The molecule has 1 aromatic heterocycles. The average molecular weight is 741 g/mol. The molecule has 3 saturated heterocycles. The molecule has 0 aliphatic carbocycles. The molecule has 4 aromatic rings. The van der Waals surface area contributed by atoms with E-state index in [0.29, 0.717) is 50.7 Å². The van der Waals surface area contributed by atoms with Crippen LogP contribution >= 0.6 is 23.2 Å². The molecule has 2 atom stereocenters. The molecule has 7 rings (SSSR count). The summed E-state index contributed by atoms with van der Waals surface area (Å²) >= 11 is 12.9. The van der Waals surface area contributed by atoms with Gasteiger partial charge in [-0.25, -0.2) is 14.2 Å². The van der Waals surface area contributed by atoms with E-state index < -0.39 is 24.0 Å². The molecule has 3 aliphatic rings. The molecular weight excluding hydrogens is 700 g/mol. The SMILES string of the molecule is COc1ccc([C@H](Cc2c(Cl)c[nH+]cc2Cl)OC(=O)Cc2ccc(CN(C(=O)O[C@H]3CN4CCC3CC4)c3ccccc3F)cc2)cc1OC.[OH-]. The number of benzene rings is 3. The molecule has 0 spiro atoms. The fourth-order valence-corrected chi connectivity index (χ4v) is 7.14. The van der Waals surface area contributed by atoms with E-state index >= 15 is 0 Å². The number of nitrogens with one attached hydrogen (secondary N) is 1. The van der Waals surface area contributed by atoms with Crippen LogP contribution in [-0.2, 0) is 33.7 Å². The van der Waals surface area contributed by atoms with E-state index in [1.165, 1.54) is 18.1 Å². The Bertz CT molecular complexity index is 1800. The van der Waals surface area contributed by atoms with Crippen LogP contribution < -0.4 is 19.4 Å². The zero-order valence-electron chi connectivity index (χ0n) is 28.3. The first-order valence-corrected chi connectivity index (χ1v) is 17.3. The van der Waals surface area contributed by atoms with Crippen LogP contribution in [0.25, 0.3) is 0 Å². The quantitative estimate of drug-likeness (QED) is 0.141. The average Bonchev–Trinajstić information content (AvgIpc) is 3.13. The Balaban J connectivity index is 0.00000504. The van der Waals surface area contributed by atoms with Gasteiger partial charge in [0.25, 0.3) is 0 Å². The zero-order valence-corrected chi connectivity index (χ0v) is 29.8. The van der Waals surface area contributed by atoms with Crippen molar-refractivity contribution < 1.29 is 43.4 Å². The van der Waals surface area contributed by atoms with Gasteiger partial charge in [0.15, 0.2) is 23.9 Å². The number of carbonyl (C=O) groups is 2.